The van der Waals surface area contributed by atoms with E-state index in [2.05, 4.69) is 218 Å². The summed E-state index contributed by atoms with van der Waals surface area (Å²) in [6, 6.07) is 0. The maximum atomic E-state index is 2.56. The van der Waals surface area contributed by atoms with Crippen molar-refractivity contribution in [1.82, 2.24) is 0 Å². The summed E-state index contributed by atoms with van der Waals surface area (Å²) in [5.74, 6) is 0. The quantitative estimate of drug-likeness (QED) is 0.212. The van der Waals surface area contributed by atoms with E-state index in [1.165, 1.54) is 0 Å². The van der Waals surface area contributed by atoms with Crippen molar-refractivity contribution in [3.63, 3.8) is 0 Å². The third-order valence-corrected chi connectivity index (χ3v) is 0. The van der Waals surface area contributed by atoms with Crippen LogP contribution in [0.15, 0.2) is 0 Å². The van der Waals surface area contributed by atoms with E-state index in [1.807, 2.05) is 0 Å². The van der Waals surface area contributed by atoms with Gasteiger partial charge in [-0.05, 0) is 0 Å². The molecule has 0 aromatic carbocycles. The minimum atomic E-state index is 0. The van der Waals surface area contributed by atoms with Gasteiger partial charge in [0, 0.05) is 0 Å². The van der Waals surface area contributed by atoms with Crippen molar-refractivity contribution in [2.75, 3.05) is 0 Å². The van der Waals surface area contributed by atoms with Crippen molar-refractivity contribution in [1.29, 1.82) is 0 Å². The first kappa shape index (κ1) is 69.9. The summed E-state index contributed by atoms with van der Waals surface area (Å²) in [4.78, 5) is 0. The minimum absolute atomic E-state index is 0. The van der Waals surface area contributed by atoms with Crippen molar-refractivity contribution in [2.24, 2.45) is 0 Å². The predicted octanol–water partition coefficient (Wildman–Crippen LogP) is -9.00. The molecule has 0 spiro atoms. The van der Waals surface area contributed by atoms with Gasteiger partial charge in [0.05, 0.1) is 0 Å². The second-order valence-electron chi connectivity index (χ2n) is 0. The average molecular weight is 1570 g/mol. The van der Waals surface area contributed by atoms with Gasteiger partial charge in [0.1, 0.15) is 0 Å². The summed E-state index contributed by atoms with van der Waals surface area (Å²) in [5.41, 5.74) is 0. The molecule has 0 rings (SSSR count). The van der Waals surface area contributed by atoms with Gasteiger partial charge >= 0.3 is 291 Å². The number of rotatable bonds is 0. The van der Waals surface area contributed by atoms with E-state index in [-0.39, 0.29) is 72.9 Å². The zero-order valence-corrected chi connectivity index (χ0v) is 47.2. The van der Waals surface area contributed by atoms with Gasteiger partial charge in [-0.3, -0.25) is 0 Å². The molecule has 0 N–H and O–H groups in total. The molecule has 0 aromatic heterocycles. The second-order valence-corrected chi connectivity index (χ2v) is 0. The Bertz CT molecular complexity index is 40.7. The molecule has 0 aliphatic heterocycles. The fraction of sp³-hybridized carbons (Fsp3) is 0. The normalized spacial score (nSPS) is 2.11. The van der Waals surface area contributed by atoms with Crippen LogP contribution in [0.1, 0.15) is 0 Å². The zero-order valence-electron chi connectivity index (χ0n) is 8.71. The third-order valence-electron chi connectivity index (χ3n) is 0. The Hall–Kier alpha value is 10.7. The van der Waals surface area contributed by atoms with E-state index in [0.717, 1.165) is 0 Å². The van der Waals surface area contributed by atoms with E-state index < -0.39 is 0 Å². The molecule has 0 saturated heterocycles. The summed E-state index contributed by atoms with van der Waals surface area (Å²) in [6.07, 6.45) is 0. The molecule has 0 nitrogen and oxygen atoms in total. The second kappa shape index (κ2) is 192. The van der Waals surface area contributed by atoms with Gasteiger partial charge in [-0.1, -0.05) is 0 Å². The van der Waals surface area contributed by atoms with Crippen LogP contribution in [-0.4, -0.2) is 264 Å². The first-order chi connectivity index (χ1) is 8.00. The first-order valence-corrected chi connectivity index (χ1v) is 39.4. The Morgan fingerprint density at radius 1 is 0.316 bits per heavy atom. The average Bonchev–Trinajstić information content (AvgIpc) is 2.54. The fourth-order valence-corrected chi connectivity index (χ4v) is 0. The van der Waals surface area contributed by atoms with Crippen LogP contribution in [0.4, 0.5) is 0 Å². The van der Waals surface area contributed by atoms with Crippen molar-refractivity contribution >= 4 is 264 Å². The molecule has 0 amide bonds. The summed E-state index contributed by atoms with van der Waals surface area (Å²) in [5, 5.41) is 0. The molecule has 0 atom stereocenters. The Morgan fingerprint density at radius 3 is 0.316 bits per heavy atom. The van der Waals surface area contributed by atoms with Gasteiger partial charge in [0.15, 0.2) is 0 Å². The van der Waals surface area contributed by atoms with Crippen molar-refractivity contribution in [2.45, 2.75) is 0 Å². The van der Waals surface area contributed by atoms with Gasteiger partial charge in [0.2, 0.25) is 0 Å². The third kappa shape index (κ3) is 178. The molecular formula is H8CdGaInSe16. The standard InChI is InChI=1S/Cd.Ga.In.8HSe2/c;;;8*1-2/h;;;8*1H/q+2;2*+3;8*-1. The molecule has 0 saturated carbocycles. The molecule has 0 fully saturated rings. The van der Waals surface area contributed by atoms with Crippen LogP contribution < -0.4 is 0 Å². The maximum absolute atomic E-state index is 2.56. The van der Waals surface area contributed by atoms with Crippen molar-refractivity contribution in [3.8, 4) is 0 Å². The van der Waals surface area contributed by atoms with Crippen molar-refractivity contribution < 1.29 is 27.3 Å². The van der Waals surface area contributed by atoms with Crippen LogP contribution in [0.5, 0.6) is 0 Å². The first-order valence-electron chi connectivity index (χ1n) is 1.46. The summed E-state index contributed by atoms with van der Waals surface area (Å²) < 4.78 is 0. The molecule has 19 heteroatoms. The molecule has 0 aliphatic carbocycles. The molecule has 0 bridgehead atoms. The molecule has 0 radical (unpaired) electrons. The molecule has 0 unspecified atom stereocenters. The van der Waals surface area contributed by atoms with E-state index in [9.17, 15) is 0 Å². The van der Waals surface area contributed by atoms with Gasteiger partial charge in [-0.25, -0.2) is 0 Å². The molecule has 0 heterocycles. The Kier molecular flexibility index (Phi) is 706. The van der Waals surface area contributed by atoms with Gasteiger partial charge in [-0.2, -0.15) is 0 Å². The van der Waals surface area contributed by atoms with Gasteiger partial charge < -0.3 is 0 Å². The summed E-state index contributed by atoms with van der Waals surface area (Å²) >= 11 is 38.0. The fourth-order valence-electron chi connectivity index (χ4n) is 0. The Morgan fingerprint density at radius 2 is 0.316 bits per heavy atom. The molecular weight excluding hydrogens is 1560 g/mol. The SMILES string of the molecule is [Cd+2].[Ga+3].[In+3].[Se]=[SeH-].[Se]=[SeH-].[Se]=[SeH-].[Se]=[SeH-].[Se]=[SeH-].[Se]=[SeH-].[Se]=[SeH-].[Se]=[SeH-]. The van der Waals surface area contributed by atoms with Crippen LogP contribution >= 0.6 is 0 Å². The summed E-state index contributed by atoms with van der Waals surface area (Å²) in [7, 11) is 0. The molecule has 112 valence electrons. The van der Waals surface area contributed by atoms with E-state index in [4.69, 9.17) is 0 Å². The number of hydrogen-bond donors (Lipinski definition) is 0. The molecule has 19 heavy (non-hydrogen) atoms. The van der Waals surface area contributed by atoms with Gasteiger partial charge in [0.25, 0.3) is 0 Å². The Labute approximate surface area is 283 Å². The monoisotopic (exact) mass is 1580 g/mol. The van der Waals surface area contributed by atoms with Gasteiger partial charge in [-0.15, -0.1) is 0 Å². The molecule has 0 aromatic rings. The molecule has 0 aliphatic rings. The predicted molar refractivity (Wildman–Crippen MR) is 115 cm³/mol. The topological polar surface area (TPSA) is 0 Å². The summed E-state index contributed by atoms with van der Waals surface area (Å²) in [6.45, 7) is 0. The van der Waals surface area contributed by atoms with E-state index in [0.29, 0.717) is 0 Å². The van der Waals surface area contributed by atoms with E-state index in [1.54, 1.807) is 0 Å². The van der Waals surface area contributed by atoms with Crippen LogP contribution in [0.3, 0.4) is 0 Å². The number of hydrogen-bond acceptors (Lipinski definition) is 0. The van der Waals surface area contributed by atoms with Crippen LogP contribution in [0.25, 0.3) is 0 Å². The van der Waals surface area contributed by atoms with Crippen molar-refractivity contribution in [3.05, 3.63) is 0 Å². The zero-order chi connectivity index (χ0) is 16.0. The van der Waals surface area contributed by atoms with E-state index >= 15 is 0 Å². The van der Waals surface area contributed by atoms with Crippen LogP contribution in [0.2, 0.25) is 0 Å². The van der Waals surface area contributed by atoms with Crippen LogP contribution in [0, 0.1) is 0 Å². The van der Waals surface area contributed by atoms with Crippen LogP contribution in [-0.2, 0) is 27.3 Å². The Balaban J connectivity index is -0.00000000418.